The summed E-state index contributed by atoms with van der Waals surface area (Å²) in [7, 11) is 1.79. The van der Waals surface area contributed by atoms with E-state index in [4.69, 9.17) is 0 Å². The summed E-state index contributed by atoms with van der Waals surface area (Å²) in [5, 5.41) is 10.5. The molecule has 0 spiro atoms. The van der Waals surface area contributed by atoms with Gasteiger partial charge >= 0.3 is 0 Å². The van der Waals surface area contributed by atoms with Gasteiger partial charge in [0.25, 0.3) is 5.91 Å². The summed E-state index contributed by atoms with van der Waals surface area (Å²) in [6.45, 7) is 5.87. The molecule has 6 nitrogen and oxygen atoms in total. The van der Waals surface area contributed by atoms with Gasteiger partial charge in [-0.3, -0.25) is 9.78 Å². The number of hydrogen-bond acceptors (Lipinski definition) is 4. The lowest BCUT2D eigenvalue weighted by Gasteiger charge is -2.08. The molecule has 0 atom stereocenters. The van der Waals surface area contributed by atoms with Crippen molar-refractivity contribution in [2.24, 2.45) is 0 Å². The zero-order valence-corrected chi connectivity index (χ0v) is 14.8. The second-order valence-corrected chi connectivity index (χ2v) is 5.96. The molecule has 0 aliphatic carbocycles. The molecule has 0 fully saturated rings. The van der Waals surface area contributed by atoms with Crippen LogP contribution >= 0.6 is 0 Å². The smallest absolute Gasteiger partial charge is 0.257 e. The third kappa shape index (κ3) is 3.38. The van der Waals surface area contributed by atoms with Crippen LogP contribution in [0.2, 0.25) is 0 Å². The molecule has 6 heteroatoms. The van der Waals surface area contributed by atoms with Crippen LogP contribution in [0, 0.1) is 20.8 Å². The highest BCUT2D eigenvalue weighted by Gasteiger charge is 2.16. The van der Waals surface area contributed by atoms with E-state index in [0.717, 1.165) is 34.0 Å². The van der Waals surface area contributed by atoms with Gasteiger partial charge in [-0.1, -0.05) is 12.1 Å². The standard InChI is InChI=1S/C19H21N5O/c1-12-6-5-7-17(8-12)24-14(3)18(13(2)23-24)22-19(25)15-9-16(20-4)11-21-10-15/h5-11,20H,1-4H3,(H,22,25). The summed E-state index contributed by atoms with van der Waals surface area (Å²) in [6, 6.07) is 9.86. The lowest BCUT2D eigenvalue weighted by Crippen LogP contribution is -2.14. The van der Waals surface area contributed by atoms with Crippen molar-refractivity contribution in [3.05, 3.63) is 65.2 Å². The summed E-state index contributed by atoms with van der Waals surface area (Å²) < 4.78 is 1.85. The molecular weight excluding hydrogens is 314 g/mol. The molecule has 0 aliphatic heterocycles. The predicted octanol–water partition coefficient (Wildman–Crippen LogP) is 3.49. The minimum absolute atomic E-state index is 0.209. The van der Waals surface area contributed by atoms with E-state index >= 15 is 0 Å². The molecule has 2 aromatic heterocycles. The number of rotatable bonds is 4. The maximum absolute atomic E-state index is 12.6. The molecule has 1 amide bonds. The fraction of sp³-hybridized carbons (Fsp3) is 0.211. The van der Waals surface area contributed by atoms with Crippen LogP contribution < -0.4 is 10.6 Å². The Hall–Kier alpha value is -3.15. The Morgan fingerprint density at radius 1 is 1.12 bits per heavy atom. The second-order valence-electron chi connectivity index (χ2n) is 5.96. The van der Waals surface area contributed by atoms with Crippen molar-refractivity contribution in [2.75, 3.05) is 17.7 Å². The Morgan fingerprint density at radius 2 is 1.92 bits per heavy atom. The first kappa shape index (κ1) is 16.7. The third-order valence-corrected chi connectivity index (χ3v) is 4.07. The van der Waals surface area contributed by atoms with Crippen LogP contribution in [0.1, 0.15) is 27.3 Å². The Bertz CT molecular complexity index is 929. The normalized spacial score (nSPS) is 10.6. The molecule has 1 aromatic carbocycles. The van der Waals surface area contributed by atoms with Crippen LogP contribution in [0.3, 0.4) is 0 Å². The fourth-order valence-electron chi connectivity index (χ4n) is 2.72. The molecule has 0 saturated heterocycles. The molecule has 2 heterocycles. The zero-order chi connectivity index (χ0) is 18.0. The number of anilines is 2. The summed E-state index contributed by atoms with van der Waals surface area (Å²) in [5.41, 5.74) is 5.79. The first-order valence-corrected chi connectivity index (χ1v) is 8.07. The summed E-state index contributed by atoms with van der Waals surface area (Å²) in [5.74, 6) is -0.209. The molecule has 0 saturated carbocycles. The highest BCUT2D eigenvalue weighted by atomic mass is 16.1. The number of carbonyl (C=O) groups is 1. The number of pyridine rings is 1. The number of hydrogen-bond donors (Lipinski definition) is 2. The lowest BCUT2D eigenvalue weighted by atomic mass is 10.2. The van der Waals surface area contributed by atoms with Crippen LogP contribution in [-0.4, -0.2) is 27.7 Å². The van der Waals surface area contributed by atoms with Crippen LogP contribution in [0.15, 0.2) is 42.7 Å². The molecule has 0 unspecified atom stereocenters. The van der Waals surface area contributed by atoms with Crippen molar-refractivity contribution >= 4 is 17.3 Å². The van der Waals surface area contributed by atoms with E-state index in [-0.39, 0.29) is 5.91 Å². The van der Waals surface area contributed by atoms with Gasteiger partial charge in [0, 0.05) is 19.4 Å². The average molecular weight is 335 g/mol. The Morgan fingerprint density at radius 3 is 2.64 bits per heavy atom. The van der Waals surface area contributed by atoms with E-state index in [0.29, 0.717) is 5.56 Å². The maximum atomic E-state index is 12.6. The molecule has 2 N–H and O–H groups in total. The lowest BCUT2D eigenvalue weighted by molar-refractivity contribution is 0.102. The van der Waals surface area contributed by atoms with Gasteiger partial charge in [-0.25, -0.2) is 4.68 Å². The molecule has 0 radical (unpaired) electrons. The molecule has 0 bridgehead atoms. The van der Waals surface area contributed by atoms with Crippen molar-refractivity contribution in [3.8, 4) is 5.69 Å². The zero-order valence-electron chi connectivity index (χ0n) is 14.8. The van der Waals surface area contributed by atoms with Gasteiger partial charge in [0.2, 0.25) is 0 Å². The minimum Gasteiger partial charge on any atom is -0.387 e. The van der Waals surface area contributed by atoms with E-state index in [1.807, 2.05) is 43.7 Å². The van der Waals surface area contributed by atoms with Crippen LogP contribution in [-0.2, 0) is 0 Å². The van der Waals surface area contributed by atoms with E-state index < -0.39 is 0 Å². The van der Waals surface area contributed by atoms with Crippen molar-refractivity contribution in [2.45, 2.75) is 20.8 Å². The number of nitrogens with zero attached hydrogens (tertiary/aromatic N) is 3. The molecule has 3 rings (SSSR count). The Balaban J connectivity index is 1.92. The molecule has 0 aliphatic rings. The SMILES string of the molecule is CNc1cncc(C(=O)Nc2c(C)nn(-c3cccc(C)c3)c2C)c1. The van der Waals surface area contributed by atoms with Gasteiger partial charge in [0.1, 0.15) is 0 Å². The topological polar surface area (TPSA) is 71.8 Å². The van der Waals surface area contributed by atoms with Crippen molar-refractivity contribution in [1.29, 1.82) is 0 Å². The van der Waals surface area contributed by atoms with Gasteiger partial charge in [0.15, 0.2) is 0 Å². The van der Waals surface area contributed by atoms with Gasteiger partial charge in [-0.05, 0) is 44.5 Å². The third-order valence-electron chi connectivity index (χ3n) is 4.07. The number of aromatic nitrogens is 3. The second kappa shape index (κ2) is 6.76. The highest BCUT2D eigenvalue weighted by Crippen LogP contribution is 2.24. The van der Waals surface area contributed by atoms with Crippen LogP contribution in [0.5, 0.6) is 0 Å². The van der Waals surface area contributed by atoms with Crippen molar-refractivity contribution in [1.82, 2.24) is 14.8 Å². The van der Waals surface area contributed by atoms with Crippen LogP contribution in [0.4, 0.5) is 11.4 Å². The molecule has 128 valence electrons. The first-order chi connectivity index (χ1) is 12.0. The number of amides is 1. The highest BCUT2D eigenvalue weighted by molar-refractivity contribution is 6.05. The number of carbonyl (C=O) groups excluding carboxylic acids is 1. The van der Waals surface area contributed by atoms with Crippen LogP contribution in [0.25, 0.3) is 5.69 Å². The van der Waals surface area contributed by atoms with Crippen molar-refractivity contribution in [3.63, 3.8) is 0 Å². The number of nitrogens with one attached hydrogen (secondary N) is 2. The number of aryl methyl sites for hydroxylation is 2. The monoisotopic (exact) mass is 335 g/mol. The maximum Gasteiger partial charge on any atom is 0.257 e. The van der Waals surface area contributed by atoms with E-state index in [9.17, 15) is 4.79 Å². The fourth-order valence-corrected chi connectivity index (χ4v) is 2.72. The van der Waals surface area contributed by atoms with Gasteiger partial charge in [-0.2, -0.15) is 5.10 Å². The summed E-state index contributed by atoms with van der Waals surface area (Å²) in [4.78, 5) is 16.7. The quantitative estimate of drug-likeness (QED) is 0.765. The Labute approximate surface area is 146 Å². The van der Waals surface area contributed by atoms with Crippen molar-refractivity contribution < 1.29 is 4.79 Å². The average Bonchev–Trinajstić information content (AvgIpc) is 2.90. The molecule has 25 heavy (non-hydrogen) atoms. The predicted molar refractivity (Wildman–Crippen MR) is 99.5 cm³/mol. The van der Waals surface area contributed by atoms with Gasteiger partial charge in [0.05, 0.1) is 34.0 Å². The molecular formula is C19H21N5O. The van der Waals surface area contributed by atoms with E-state index in [1.54, 1.807) is 25.5 Å². The van der Waals surface area contributed by atoms with Gasteiger partial charge in [-0.15, -0.1) is 0 Å². The number of benzene rings is 1. The van der Waals surface area contributed by atoms with E-state index in [2.05, 4.69) is 26.8 Å². The minimum atomic E-state index is -0.209. The van der Waals surface area contributed by atoms with Gasteiger partial charge < -0.3 is 10.6 Å². The Kier molecular flexibility index (Phi) is 4.52. The largest absolute Gasteiger partial charge is 0.387 e. The van der Waals surface area contributed by atoms with E-state index in [1.165, 1.54) is 0 Å². The molecule has 3 aromatic rings. The first-order valence-electron chi connectivity index (χ1n) is 8.07. The summed E-state index contributed by atoms with van der Waals surface area (Å²) in [6.07, 6.45) is 3.22. The summed E-state index contributed by atoms with van der Waals surface area (Å²) >= 11 is 0.